The van der Waals surface area contributed by atoms with Gasteiger partial charge in [0.1, 0.15) is 12.6 Å². The molecule has 1 unspecified atom stereocenters. The SMILES string of the molecule is CCCN(CC(=O)O)C(=O)C(CC)OC1CCCC1. The highest BCUT2D eigenvalue weighted by Crippen LogP contribution is 2.23. The van der Waals surface area contributed by atoms with E-state index in [9.17, 15) is 9.59 Å². The van der Waals surface area contributed by atoms with Gasteiger partial charge in [-0.2, -0.15) is 0 Å². The first-order chi connectivity index (χ1) is 9.08. The predicted octanol–water partition coefficient (Wildman–Crippen LogP) is 2.05. The second-order valence-electron chi connectivity index (χ2n) is 5.09. The van der Waals surface area contributed by atoms with Crippen LogP contribution >= 0.6 is 0 Å². The van der Waals surface area contributed by atoms with Crippen molar-refractivity contribution in [1.29, 1.82) is 0 Å². The van der Waals surface area contributed by atoms with Gasteiger partial charge >= 0.3 is 5.97 Å². The minimum absolute atomic E-state index is 0.169. The zero-order valence-electron chi connectivity index (χ0n) is 11.9. The number of carboxylic acid groups (broad SMARTS) is 1. The van der Waals surface area contributed by atoms with Crippen molar-refractivity contribution in [1.82, 2.24) is 4.90 Å². The molecule has 1 aliphatic rings. The molecule has 0 heterocycles. The van der Waals surface area contributed by atoms with Crippen LogP contribution in [0.3, 0.4) is 0 Å². The molecule has 0 bridgehead atoms. The molecule has 0 aliphatic heterocycles. The molecular formula is C14H25NO4. The van der Waals surface area contributed by atoms with Gasteiger partial charge in [-0.1, -0.05) is 26.7 Å². The Balaban J connectivity index is 2.59. The van der Waals surface area contributed by atoms with Crippen LogP contribution in [0.25, 0.3) is 0 Å². The van der Waals surface area contributed by atoms with E-state index in [1.807, 2.05) is 13.8 Å². The lowest BCUT2D eigenvalue weighted by Gasteiger charge is -2.27. The smallest absolute Gasteiger partial charge is 0.323 e. The lowest BCUT2D eigenvalue weighted by atomic mass is 10.2. The lowest BCUT2D eigenvalue weighted by Crippen LogP contribution is -2.44. The van der Waals surface area contributed by atoms with Gasteiger partial charge in [-0.05, 0) is 25.7 Å². The molecule has 0 saturated heterocycles. The van der Waals surface area contributed by atoms with E-state index >= 15 is 0 Å². The summed E-state index contributed by atoms with van der Waals surface area (Å²) in [5.41, 5.74) is 0. The van der Waals surface area contributed by atoms with Crippen LogP contribution in [0.1, 0.15) is 52.4 Å². The lowest BCUT2D eigenvalue weighted by molar-refractivity contribution is -0.153. The summed E-state index contributed by atoms with van der Waals surface area (Å²) in [6.07, 6.45) is 5.35. The van der Waals surface area contributed by atoms with Crippen molar-refractivity contribution >= 4 is 11.9 Å². The molecule has 19 heavy (non-hydrogen) atoms. The average Bonchev–Trinajstić information content (AvgIpc) is 2.87. The van der Waals surface area contributed by atoms with Gasteiger partial charge in [0, 0.05) is 6.54 Å². The predicted molar refractivity (Wildman–Crippen MR) is 71.9 cm³/mol. The van der Waals surface area contributed by atoms with E-state index < -0.39 is 12.1 Å². The summed E-state index contributed by atoms with van der Waals surface area (Å²) in [5, 5.41) is 8.86. The van der Waals surface area contributed by atoms with Crippen LogP contribution in [0.5, 0.6) is 0 Å². The van der Waals surface area contributed by atoms with Crippen molar-refractivity contribution in [3.8, 4) is 0 Å². The monoisotopic (exact) mass is 271 g/mol. The third kappa shape index (κ3) is 5.19. The summed E-state index contributed by atoms with van der Waals surface area (Å²) < 4.78 is 5.85. The van der Waals surface area contributed by atoms with Crippen molar-refractivity contribution in [3.63, 3.8) is 0 Å². The number of ether oxygens (including phenoxy) is 1. The van der Waals surface area contributed by atoms with Gasteiger partial charge in [-0.15, -0.1) is 0 Å². The number of aliphatic carboxylic acids is 1. The molecule has 0 aromatic rings. The maximum Gasteiger partial charge on any atom is 0.323 e. The second kappa shape index (κ2) is 8.15. The number of nitrogens with zero attached hydrogens (tertiary/aromatic N) is 1. The summed E-state index contributed by atoms with van der Waals surface area (Å²) in [6, 6.07) is 0. The highest BCUT2D eigenvalue weighted by molar-refractivity contribution is 5.84. The molecule has 1 N–H and O–H groups in total. The van der Waals surface area contributed by atoms with Crippen LogP contribution in [-0.4, -0.2) is 47.2 Å². The quantitative estimate of drug-likeness (QED) is 0.733. The molecule has 110 valence electrons. The summed E-state index contributed by atoms with van der Waals surface area (Å²) >= 11 is 0. The van der Waals surface area contributed by atoms with Gasteiger partial charge in [0.15, 0.2) is 0 Å². The molecule has 0 radical (unpaired) electrons. The fraction of sp³-hybridized carbons (Fsp3) is 0.857. The van der Waals surface area contributed by atoms with E-state index in [4.69, 9.17) is 9.84 Å². The van der Waals surface area contributed by atoms with Crippen molar-refractivity contribution < 1.29 is 19.4 Å². The molecule has 1 rings (SSSR count). The van der Waals surface area contributed by atoms with Crippen LogP contribution in [0, 0.1) is 0 Å². The minimum atomic E-state index is -0.975. The zero-order chi connectivity index (χ0) is 14.3. The number of amides is 1. The van der Waals surface area contributed by atoms with Crippen LogP contribution in [0.15, 0.2) is 0 Å². The number of carbonyl (C=O) groups is 2. The highest BCUT2D eigenvalue weighted by atomic mass is 16.5. The van der Waals surface area contributed by atoms with Gasteiger partial charge in [0.2, 0.25) is 0 Å². The number of carboxylic acids is 1. The number of carbonyl (C=O) groups excluding carboxylic acids is 1. The first kappa shape index (κ1) is 16.0. The third-order valence-electron chi connectivity index (χ3n) is 3.44. The van der Waals surface area contributed by atoms with E-state index in [1.165, 1.54) is 4.90 Å². The maximum absolute atomic E-state index is 12.3. The normalized spacial score (nSPS) is 17.4. The molecule has 0 aromatic carbocycles. The molecule has 1 amide bonds. The van der Waals surface area contributed by atoms with Gasteiger partial charge in [-0.3, -0.25) is 9.59 Å². The topological polar surface area (TPSA) is 66.8 Å². The molecule has 0 spiro atoms. The van der Waals surface area contributed by atoms with Gasteiger partial charge in [-0.25, -0.2) is 0 Å². The Kier molecular flexibility index (Phi) is 6.84. The first-order valence-electron chi connectivity index (χ1n) is 7.24. The van der Waals surface area contributed by atoms with Crippen LogP contribution in [0.2, 0.25) is 0 Å². The fourth-order valence-electron chi connectivity index (χ4n) is 2.49. The van der Waals surface area contributed by atoms with Crippen molar-refractivity contribution in [3.05, 3.63) is 0 Å². The molecule has 1 atom stereocenters. The molecule has 5 heteroatoms. The Bertz CT molecular complexity index is 300. The first-order valence-corrected chi connectivity index (χ1v) is 7.24. The number of hydrogen-bond acceptors (Lipinski definition) is 3. The van der Waals surface area contributed by atoms with E-state index in [1.54, 1.807) is 0 Å². The fourth-order valence-corrected chi connectivity index (χ4v) is 2.49. The van der Waals surface area contributed by atoms with Gasteiger partial charge in [0.25, 0.3) is 5.91 Å². The molecule has 0 aromatic heterocycles. The molecule has 1 saturated carbocycles. The van der Waals surface area contributed by atoms with Crippen LogP contribution < -0.4 is 0 Å². The Morgan fingerprint density at radius 2 is 1.95 bits per heavy atom. The Morgan fingerprint density at radius 3 is 2.42 bits per heavy atom. The Labute approximate surface area is 114 Å². The molecule has 1 aliphatic carbocycles. The zero-order valence-corrected chi connectivity index (χ0v) is 11.9. The molecular weight excluding hydrogens is 246 g/mol. The summed E-state index contributed by atoms with van der Waals surface area (Å²) in [7, 11) is 0. The van der Waals surface area contributed by atoms with Gasteiger partial charge < -0.3 is 14.7 Å². The number of rotatable bonds is 8. The Morgan fingerprint density at radius 1 is 1.32 bits per heavy atom. The van der Waals surface area contributed by atoms with Crippen molar-refractivity contribution in [2.24, 2.45) is 0 Å². The van der Waals surface area contributed by atoms with Crippen LogP contribution in [0.4, 0.5) is 0 Å². The largest absolute Gasteiger partial charge is 0.480 e. The van der Waals surface area contributed by atoms with Crippen LogP contribution in [-0.2, 0) is 14.3 Å². The highest BCUT2D eigenvalue weighted by Gasteiger charge is 2.28. The van der Waals surface area contributed by atoms with Crippen molar-refractivity contribution in [2.75, 3.05) is 13.1 Å². The number of hydrogen-bond donors (Lipinski definition) is 1. The average molecular weight is 271 g/mol. The second-order valence-corrected chi connectivity index (χ2v) is 5.09. The summed E-state index contributed by atoms with van der Waals surface area (Å²) in [6.45, 7) is 4.07. The maximum atomic E-state index is 12.3. The molecule has 1 fully saturated rings. The standard InChI is InChI=1S/C14H25NO4/c1-3-9-15(10-13(16)17)14(18)12(4-2)19-11-7-5-6-8-11/h11-12H,3-10H2,1-2H3,(H,16,17). The van der Waals surface area contributed by atoms with E-state index in [0.29, 0.717) is 13.0 Å². The van der Waals surface area contributed by atoms with E-state index in [0.717, 1.165) is 32.1 Å². The minimum Gasteiger partial charge on any atom is -0.480 e. The van der Waals surface area contributed by atoms with E-state index in [2.05, 4.69) is 0 Å². The third-order valence-corrected chi connectivity index (χ3v) is 3.44. The molecule has 5 nitrogen and oxygen atoms in total. The summed E-state index contributed by atoms with van der Waals surface area (Å²) in [4.78, 5) is 24.5. The summed E-state index contributed by atoms with van der Waals surface area (Å²) in [5.74, 6) is -1.16. The van der Waals surface area contributed by atoms with E-state index in [-0.39, 0.29) is 18.6 Å². The Hall–Kier alpha value is -1.10. The van der Waals surface area contributed by atoms with Gasteiger partial charge in [0.05, 0.1) is 6.10 Å². The van der Waals surface area contributed by atoms with Crippen molar-refractivity contribution in [2.45, 2.75) is 64.6 Å².